The highest BCUT2D eigenvalue weighted by Crippen LogP contribution is 2.29. The molecule has 1 aromatic carbocycles. The molecule has 1 unspecified atom stereocenters. The number of piperidine rings is 1. The minimum Gasteiger partial charge on any atom is -0.478 e. The Morgan fingerprint density at radius 3 is 2.52 bits per heavy atom. The molecule has 1 atom stereocenters. The number of morpholine rings is 1. The topological polar surface area (TPSA) is 53.0 Å². The molecule has 0 radical (unpaired) electrons. The van der Waals surface area contributed by atoms with Gasteiger partial charge in [-0.05, 0) is 56.8 Å². The molecule has 1 aromatic rings. The summed E-state index contributed by atoms with van der Waals surface area (Å²) in [7, 11) is 0. The van der Waals surface area contributed by atoms with Crippen LogP contribution in [0.2, 0.25) is 0 Å². The van der Waals surface area contributed by atoms with E-state index in [-0.39, 0.29) is 5.54 Å². The Labute approximate surface area is 150 Å². The van der Waals surface area contributed by atoms with E-state index in [1.54, 1.807) is 12.1 Å². The van der Waals surface area contributed by atoms with Crippen LogP contribution in [0.15, 0.2) is 24.3 Å². The fraction of sp³-hybridized carbons (Fsp3) is 0.650. The number of hydrogen-bond donors (Lipinski definition) is 1. The zero-order valence-electron chi connectivity index (χ0n) is 15.4. The Morgan fingerprint density at radius 2 is 1.88 bits per heavy atom. The average Bonchev–Trinajstić information content (AvgIpc) is 2.62. The number of hydrogen-bond acceptors (Lipinski definition) is 4. The van der Waals surface area contributed by atoms with Crippen molar-refractivity contribution in [2.24, 2.45) is 0 Å². The third kappa shape index (κ3) is 4.60. The van der Waals surface area contributed by atoms with Crippen LogP contribution in [0.25, 0.3) is 0 Å². The number of aromatic carboxylic acids is 1. The molecular formula is C20H30N2O3. The van der Waals surface area contributed by atoms with Gasteiger partial charge < -0.3 is 14.7 Å². The Morgan fingerprint density at radius 1 is 1.20 bits per heavy atom. The van der Waals surface area contributed by atoms with Crippen molar-refractivity contribution in [3.63, 3.8) is 0 Å². The Bertz CT molecular complexity index is 579. The summed E-state index contributed by atoms with van der Waals surface area (Å²) in [6.45, 7) is 11.6. The van der Waals surface area contributed by atoms with E-state index in [2.05, 4.69) is 23.6 Å². The lowest BCUT2D eigenvalue weighted by Gasteiger charge is -2.45. The van der Waals surface area contributed by atoms with Crippen molar-refractivity contribution in [3.8, 4) is 0 Å². The van der Waals surface area contributed by atoms with E-state index in [9.17, 15) is 4.79 Å². The van der Waals surface area contributed by atoms with E-state index in [1.165, 1.54) is 18.4 Å². The third-order valence-corrected chi connectivity index (χ3v) is 5.61. The molecule has 2 aliphatic rings. The van der Waals surface area contributed by atoms with E-state index in [0.29, 0.717) is 11.5 Å². The van der Waals surface area contributed by atoms with Crippen molar-refractivity contribution < 1.29 is 14.6 Å². The van der Waals surface area contributed by atoms with Crippen LogP contribution in [0.3, 0.4) is 0 Å². The van der Waals surface area contributed by atoms with Crippen LogP contribution in [0.4, 0.5) is 0 Å². The highest BCUT2D eigenvalue weighted by Gasteiger charge is 2.32. The summed E-state index contributed by atoms with van der Waals surface area (Å²) in [6.07, 6.45) is 2.38. The summed E-state index contributed by atoms with van der Waals surface area (Å²) in [5, 5.41) is 9.06. The summed E-state index contributed by atoms with van der Waals surface area (Å²) >= 11 is 0. The summed E-state index contributed by atoms with van der Waals surface area (Å²) in [6, 6.07) is 7.44. The van der Waals surface area contributed by atoms with Crippen LogP contribution >= 0.6 is 0 Å². The van der Waals surface area contributed by atoms with Gasteiger partial charge >= 0.3 is 5.97 Å². The van der Waals surface area contributed by atoms with E-state index < -0.39 is 5.97 Å². The molecule has 5 heteroatoms. The zero-order chi connectivity index (χ0) is 17.9. The molecule has 0 saturated carbocycles. The van der Waals surface area contributed by atoms with Crippen LogP contribution in [-0.4, -0.2) is 72.4 Å². The molecule has 1 N–H and O–H groups in total. The van der Waals surface area contributed by atoms with Crippen molar-refractivity contribution in [1.29, 1.82) is 0 Å². The maximum absolute atomic E-state index is 11.0. The zero-order valence-corrected chi connectivity index (χ0v) is 15.4. The van der Waals surface area contributed by atoms with E-state index >= 15 is 0 Å². The van der Waals surface area contributed by atoms with Crippen molar-refractivity contribution in [2.75, 3.05) is 45.9 Å². The largest absolute Gasteiger partial charge is 0.478 e. The fourth-order valence-electron chi connectivity index (χ4n) is 4.18. The van der Waals surface area contributed by atoms with Gasteiger partial charge in [-0.1, -0.05) is 12.1 Å². The van der Waals surface area contributed by atoms with Gasteiger partial charge in [-0.2, -0.15) is 0 Å². The first-order chi connectivity index (χ1) is 12.0. The number of ether oxygens (including phenoxy) is 1. The number of nitrogens with zero attached hydrogens (tertiary/aromatic N) is 2. The predicted octanol–water partition coefficient (Wildman–Crippen LogP) is 2.68. The second-order valence-electron chi connectivity index (χ2n) is 7.91. The quantitative estimate of drug-likeness (QED) is 0.888. The molecule has 0 bridgehead atoms. The molecular weight excluding hydrogens is 316 g/mol. The second-order valence-corrected chi connectivity index (χ2v) is 7.91. The number of benzene rings is 1. The molecule has 0 aromatic heterocycles. The lowest BCUT2D eigenvalue weighted by atomic mass is 9.89. The molecule has 2 saturated heterocycles. The SMILES string of the molecule is CC(C)(CN1CCCC(c2ccc(C(=O)O)cc2)C1)N1CCOCC1. The van der Waals surface area contributed by atoms with Crippen molar-refractivity contribution in [3.05, 3.63) is 35.4 Å². The number of carboxylic acids is 1. The number of rotatable bonds is 5. The second kappa shape index (κ2) is 7.85. The minimum atomic E-state index is -0.857. The molecule has 138 valence electrons. The third-order valence-electron chi connectivity index (χ3n) is 5.61. The summed E-state index contributed by atoms with van der Waals surface area (Å²) in [5.74, 6) is -0.360. The van der Waals surface area contributed by atoms with Gasteiger partial charge in [0.1, 0.15) is 0 Å². The van der Waals surface area contributed by atoms with Crippen LogP contribution in [-0.2, 0) is 4.74 Å². The highest BCUT2D eigenvalue weighted by atomic mass is 16.5. The molecule has 0 spiro atoms. The summed E-state index contributed by atoms with van der Waals surface area (Å²) in [5.41, 5.74) is 1.78. The average molecular weight is 346 g/mol. The lowest BCUT2D eigenvalue weighted by molar-refractivity contribution is -0.0241. The van der Waals surface area contributed by atoms with Crippen LogP contribution in [0.1, 0.15) is 48.5 Å². The standard InChI is InChI=1S/C20H30N2O3/c1-20(2,22-10-12-25-13-11-22)15-21-9-3-4-18(14-21)16-5-7-17(8-6-16)19(23)24/h5-8,18H,3-4,9-15H2,1-2H3,(H,23,24). The molecule has 2 heterocycles. The smallest absolute Gasteiger partial charge is 0.335 e. The van der Waals surface area contributed by atoms with Crippen molar-refractivity contribution >= 4 is 5.97 Å². The molecule has 25 heavy (non-hydrogen) atoms. The first-order valence-electron chi connectivity index (χ1n) is 9.34. The van der Waals surface area contributed by atoms with Gasteiger partial charge in [0.05, 0.1) is 18.8 Å². The summed E-state index contributed by atoms with van der Waals surface area (Å²) < 4.78 is 5.49. The monoisotopic (exact) mass is 346 g/mol. The fourth-order valence-corrected chi connectivity index (χ4v) is 4.18. The summed E-state index contributed by atoms with van der Waals surface area (Å²) in [4.78, 5) is 16.1. The number of likely N-dealkylation sites (tertiary alicyclic amines) is 1. The van der Waals surface area contributed by atoms with Crippen LogP contribution in [0, 0.1) is 0 Å². The Kier molecular flexibility index (Phi) is 5.77. The molecule has 0 aliphatic carbocycles. The van der Waals surface area contributed by atoms with Gasteiger partial charge in [0.25, 0.3) is 0 Å². The van der Waals surface area contributed by atoms with Gasteiger partial charge in [0.2, 0.25) is 0 Å². The Balaban J connectivity index is 1.61. The lowest BCUT2D eigenvalue weighted by Crippen LogP contribution is -2.56. The predicted molar refractivity (Wildman–Crippen MR) is 98.3 cm³/mol. The number of carbonyl (C=O) groups is 1. The van der Waals surface area contributed by atoms with Gasteiger partial charge in [0.15, 0.2) is 0 Å². The van der Waals surface area contributed by atoms with E-state index in [1.807, 2.05) is 12.1 Å². The van der Waals surface area contributed by atoms with Crippen molar-refractivity contribution in [2.45, 2.75) is 38.1 Å². The van der Waals surface area contributed by atoms with Crippen LogP contribution < -0.4 is 0 Å². The first kappa shape index (κ1) is 18.4. The van der Waals surface area contributed by atoms with E-state index in [0.717, 1.165) is 45.9 Å². The molecule has 3 rings (SSSR count). The normalized spacial score (nSPS) is 23.5. The van der Waals surface area contributed by atoms with Gasteiger partial charge in [-0.15, -0.1) is 0 Å². The highest BCUT2D eigenvalue weighted by molar-refractivity contribution is 5.87. The maximum atomic E-state index is 11.0. The van der Waals surface area contributed by atoms with Gasteiger partial charge in [-0.25, -0.2) is 4.79 Å². The Hall–Kier alpha value is -1.43. The molecule has 0 amide bonds. The van der Waals surface area contributed by atoms with Crippen LogP contribution in [0.5, 0.6) is 0 Å². The van der Waals surface area contributed by atoms with Crippen molar-refractivity contribution in [1.82, 2.24) is 9.80 Å². The first-order valence-corrected chi connectivity index (χ1v) is 9.34. The van der Waals surface area contributed by atoms with Gasteiger partial charge in [-0.3, -0.25) is 4.90 Å². The molecule has 5 nitrogen and oxygen atoms in total. The molecule has 2 aliphatic heterocycles. The number of carboxylic acid groups (broad SMARTS) is 1. The van der Waals surface area contributed by atoms with Gasteiger partial charge in [0, 0.05) is 31.7 Å². The molecule has 2 fully saturated rings. The van der Waals surface area contributed by atoms with E-state index in [4.69, 9.17) is 9.84 Å². The minimum absolute atomic E-state index is 0.152. The maximum Gasteiger partial charge on any atom is 0.335 e.